The van der Waals surface area contributed by atoms with Crippen molar-refractivity contribution in [2.45, 2.75) is 44.7 Å². The van der Waals surface area contributed by atoms with Crippen LogP contribution in [0.3, 0.4) is 0 Å². The highest BCUT2D eigenvalue weighted by Crippen LogP contribution is 2.31. The zero-order valence-electron chi connectivity index (χ0n) is 15.5. The van der Waals surface area contributed by atoms with E-state index in [1.54, 1.807) is 19.1 Å². The molecule has 2 bridgehead atoms. The van der Waals surface area contributed by atoms with Gasteiger partial charge in [-0.25, -0.2) is 0 Å². The number of ether oxygens (including phenoxy) is 1. The van der Waals surface area contributed by atoms with Crippen molar-refractivity contribution < 1.29 is 14.3 Å². The third-order valence-electron chi connectivity index (χ3n) is 6.23. The summed E-state index contributed by atoms with van der Waals surface area (Å²) in [5, 5.41) is 0. The Morgan fingerprint density at radius 3 is 2.50 bits per heavy atom. The SMILES string of the molecule is CC(=O)c1cccc(C(=O)N2C[C@H]3CC[C@@H]2CN(C2CCOCC2)C3)c1. The molecule has 4 fully saturated rings. The van der Waals surface area contributed by atoms with Crippen molar-refractivity contribution in [3.63, 3.8) is 0 Å². The zero-order chi connectivity index (χ0) is 18.1. The first-order valence-corrected chi connectivity index (χ1v) is 9.85. The molecule has 0 saturated carbocycles. The molecule has 4 heterocycles. The van der Waals surface area contributed by atoms with Gasteiger partial charge in [0.25, 0.3) is 5.91 Å². The lowest BCUT2D eigenvalue weighted by Gasteiger charge is -2.37. The van der Waals surface area contributed by atoms with Gasteiger partial charge in [0.1, 0.15) is 0 Å². The lowest BCUT2D eigenvalue weighted by Crippen LogP contribution is -2.48. The van der Waals surface area contributed by atoms with Crippen LogP contribution in [0.25, 0.3) is 0 Å². The molecule has 4 saturated heterocycles. The molecule has 5 heteroatoms. The number of Topliss-reactive ketones (excluding diaryl/α,β-unsaturated/α-hetero) is 1. The summed E-state index contributed by atoms with van der Waals surface area (Å²) in [6.45, 7) is 6.17. The normalized spacial score (nSPS) is 27.3. The molecule has 26 heavy (non-hydrogen) atoms. The van der Waals surface area contributed by atoms with E-state index in [2.05, 4.69) is 9.80 Å². The van der Waals surface area contributed by atoms with Gasteiger partial charge in [0.2, 0.25) is 0 Å². The van der Waals surface area contributed by atoms with Crippen molar-refractivity contribution in [3.8, 4) is 0 Å². The second kappa shape index (κ2) is 7.49. The maximum Gasteiger partial charge on any atom is 0.254 e. The van der Waals surface area contributed by atoms with Crippen LogP contribution in [-0.4, -0.2) is 66.4 Å². The average molecular weight is 356 g/mol. The van der Waals surface area contributed by atoms with E-state index < -0.39 is 0 Å². The van der Waals surface area contributed by atoms with Gasteiger partial charge in [-0.15, -0.1) is 0 Å². The molecule has 4 aliphatic rings. The van der Waals surface area contributed by atoms with Crippen LogP contribution in [0.5, 0.6) is 0 Å². The van der Waals surface area contributed by atoms with Crippen LogP contribution >= 0.6 is 0 Å². The Balaban J connectivity index is 1.52. The van der Waals surface area contributed by atoms with Gasteiger partial charge < -0.3 is 9.64 Å². The van der Waals surface area contributed by atoms with Crippen molar-refractivity contribution in [3.05, 3.63) is 35.4 Å². The molecule has 0 N–H and O–H groups in total. The molecule has 0 aromatic heterocycles. The van der Waals surface area contributed by atoms with Crippen LogP contribution in [0.4, 0.5) is 0 Å². The number of ketones is 1. The predicted octanol–water partition coefficient (Wildman–Crippen LogP) is 2.60. The fourth-order valence-electron chi connectivity index (χ4n) is 4.75. The van der Waals surface area contributed by atoms with E-state index in [1.807, 2.05) is 12.1 Å². The molecule has 0 unspecified atom stereocenters. The minimum absolute atomic E-state index is 0.00253. The van der Waals surface area contributed by atoms with Crippen LogP contribution in [0, 0.1) is 5.92 Å². The molecule has 0 spiro atoms. The molecule has 4 aliphatic heterocycles. The Bertz CT molecular complexity index is 684. The predicted molar refractivity (Wildman–Crippen MR) is 99.4 cm³/mol. The Labute approximate surface area is 155 Å². The number of amides is 1. The van der Waals surface area contributed by atoms with E-state index in [4.69, 9.17) is 4.74 Å². The minimum atomic E-state index is 0.00253. The zero-order valence-corrected chi connectivity index (χ0v) is 15.5. The average Bonchev–Trinajstić information content (AvgIpc) is 3.00. The molecule has 2 atom stereocenters. The maximum absolute atomic E-state index is 13.2. The van der Waals surface area contributed by atoms with E-state index in [1.165, 1.54) is 6.42 Å². The molecule has 1 aromatic rings. The fourth-order valence-corrected chi connectivity index (χ4v) is 4.75. The van der Waals surface area contributed by atoms with Crippen molar-refractivity contribution in [1.29, 1.82) is 0 Å². The van der Waals surface area contributed by atoms with Crippen molar-refractivity contribution >= 4 is 11.7 Å². The van der Waals surface area contributed by atoms with Crippen LogP contribution in [0.15, 0.2) is 24.3 Å². The lowest BCUT2D eigenvalue weighted by atomic mass is 9.94. The topological polar surface area (TPSA) is 49.9 Å². The van der Waals surface area contributed by atoms with Crippen LogP contribution in [-0.2, 0) is 4.74 Å². The molecule has 0 radical (unpaired) electrons. The fraction of sp³-hybridized carbons (Fsp3) is 0.619. The first-order chi connectivity index (χ1) is 12.6. The summed E-state index contributed by atoms with van der Waals surface area (Å²) in [4.78, 5) is 29.5. The van der Waals surface area contributed by atoms with E-state index in [9.17, 15) is 9.59 Å². The van der Waals surface area contributed by atoms with Gasteiger partial charge in [-0.3, -0.25) is 14.5 Å². The van der Waals surface area contributed by atoms with Crippen LogP contribution < -0.4 is 0 Å². The van der Waals surface area contributed by atoms with Gasteiger partial charge in [0.05, 0.1) is 0 Å². The Morgan fingerprint density at radius 1 is 0.962 bits per heavy atom. The van der Waals surface area contributed by atoms with Crippen molar-refractivity contribution in [2.24, 2.45) is 5.92 Å². The molecular formula is C21H28N2O3. The number of hydrogen-bond donors (Lipinski definition) is 0. The standard InChI is InChI=1S/C21H28N2O3/c1-15(24)17-3-2-4-18(11-17)21(25)23-13-16-5-6-20(23)14-22(12-16)19-7-9-26-10-8-19/h2-4,11,16,19-20H,5-10,12-14H2,1H3/t16-,20+/m0/s1. The Hall–Kier alpha value is -1.72. The summed E-state index contributed by atoms with van der Waals surface area (Å²) in [6, 6.07) is 8.06. The summed E-state index contributed by atoms with van der Waals surface area (Å²) in [5.41, 5.74) is 1.25. The van der Waals surface area contributed by atoms with Crippen LogP contribution in [0.1, 0.15) is 53.3 Å². The van der Waals surface area contributed by atoms with Gasteiger partial charge in [0.15, 0.2) is 5.78 Å². The van der Waals surface area contributed by atoms with Gasteiger partial charge in [-0.2, -0.15) is 0 Å². The van der Waals surface area contributed by atoms with E-state index >= 15 is 0 Å². The smallest absolute Gasteiger partial charge is 0.254 e. The first-order valence-electron chi connectivity index (χ1n) is 9.85. The largest absolute Gasteiger partial charge is 0.381 e. The van der Waals surface area contributed by atoms with E-state index in [0.29, 0.717) is 23.1 Å². The molecule has 0 aliphatic carbocycles. The Morgan fingerprint density at radius 2 is 1.73 bits per heavy atom. The van der Waals surface area contributed by atoms with Crippen molar-refractivity contribution in [2.75, 3.05) is 32.8 Å². The second-order valence-corrected chi connectivity index (χ2v) is 7.99. The van der Waals surface area contributed by atoms with Gasteiger partial charge in [0, 0.05) is 56.1 Å². The molecule has 5 rings (SSSR count). The highest BCUT2D eigenvalue weighted by Gasteiger charge is 2.39. The van der Waals surface area contributed by atoms with Crippen LogP contribution in [0.2, 0.25) is 0 Å². The summed E-state index contributed by atoms with van der Waals surface area (Å²) in [7, 11) is 0. The lowest BCUT2D eigenvalue weighted by molar-refractivity contribution is 0.0304. The Kier molecular flexibility index (Phi) is 5.09. The molecule has 1 amide bonds. The van der Waals surface area contributed by atoms with E-state index in [0.717, 1.165) is 52.1 Å². The highest BCUT2D eigenvalue weighted by atomic mass is 16.5. The first kappa shape index (κ1) is 17.7. The maximum atomic E-state index is 13.2. The number of fused-ring (bicyclic) bond motifs is 4. The number of hydrogen-bond acceptors (Lipinski definition) is 4. The summed E-state index contributed by atoms with van der Waals surface area (Å²) < 4.78 is 5.52. The number of rotatable bonds is 3. The third-order valence-corrected chi connectivity index (χ3v) is 6.23. The number of piperidine rings is 1. The van der Waals surface area contributed by atoms with Gasteiger partial charge in [-0.05, 0) is 50.7 Å². The molecule has 1 aromatic carbocycles. The number of carbonyl (C=O) groups is 2. The number of benzene rings is 1. The quantitative estimate of drug-likeness (QED) is 0.781. The monoisotopic (exact) mass is 356 g/mol. The minimum Gasteiger partial charge on any atom is -0.381 e. The third kappa shape index (κ3) is 3.55. The highest BCUT2D eigenvalue weighted by molar-refractivity contribution is 5.99. The summed E-state index contributed by atoms with van der Waals surface area (Å²) in [5.74, 6) is 0.635. The van der Waals surface area contributed by atoms with Crippen molar-refractivity contribution in [1.82, 2.24) is 9.80 Å². The molecular weight excluding hydrogens is 328 g/mol. The molecule has 140 valence electrons. The molecule has 5 nitrogen and oxygen atoms in total. The second-order valence-electron chi connectivity index (χ2n) is 7.99. The number of nitrogens with zero attached hydrogens (tertiary/aromatic N) is 2. The summed E-state index contributed by atoms with van der Waals surface area (Å²) in [6.07, 6.45) is 4.51. The van der Waals surface area contributed by atoms with E-state index in [-0.39, 0.29) is 17.7 Å². The van der Waals surface area contributed by atoms with Gasteiger partial charge in [-0.1, -0.05) is 12.1 Å². The number of carbonyl (C=O) groups excluding carboxylic acids is 2. The van der Waals surface area contributed by atoms with Gasteiger partial charge >= 0.3 is 0 Å². The summed E-state index contributed by atoms with van der Waals surface area (Å²) >= 11 is 0.